The lowest BCUT2D eigenvalue weighted by Gasteiger charge is -2.28. The lowest BCUT2D eigenvalue weighted by atomic mass is 9.79. The molecule has 0 unspecified atom stereocenters. The van der Waals surface area contributed by atoms with Crippen LogP contribution in [0.4, 0.5) is 0 Å². The van der Waals surface area contributed by atoms with Crippen LogP contribution in [0, 0.1) is 5.41 Å². The molecule has 0 spiro atoms. The molecule has 2 aliphatic heterocycles. The summed E-state index contributed by atoms with van der Waals surface area (Å²) >= 11 is 1.68. The molecule has 6 heteroatoms. The highest BCUT2D eigenvalue weighted by Crippen LogP contribution is 2.36. The van der Waals surface area contributed by atoms with Crippen LogP contribution in [0.15, 0.2) is 41.1 Å². The number of thiophene rings is 1. The Morgan fingerprint density at radius 1 is 1.25 bits per heavy atom. The van der Waals surface area contributed by atoms with Gasteiger partial charge in [0.2, 0.25) is 5.91 Å². The summed E-state index contributed by atoms with van der Waals surface area (Å²) in [5, 5.41) is 7.03. The quantitative estimate of drug-likeness (QED) is 0.842. The second-order valence-corrected chi connectivity index (χ2v) is 8.54. The highest BCUT2D eigenvalue weighted by Gasteiger charge is 2.46. The molecule has 2 saturated heterocycles. The molecule has 5 nitrogen and oxygen atoms in total. The largest absolute Gasteiger partial charge is 0.368 e. The maximum Gasteiger partial charge on any atom is 0.251 e. The second-order valence-electron chi connectivity index (χ2n) is 7.76. The first-order valence-electron chi connectivity index (χ1n) is 9.85. The zero-order valence-corrected chi connectivity index (χ0v) is 17.0. The Kier molecular flexibility index (Phi) is 5.51. The van der Waals surface area contributed by atoms with Crippen molar-refractivity contribution in [3.63, 3.8) is 0 Å². The lowest BCUT2D eigenvalue weighted by Crippen LogP contribution is -2.45. The fourth-order valence-electron chi connectivity index (χ4n) is 4.35. The average Bonchev–Trinajstić information content (AvgIpc) is 3.49. The van der Waals surface area contributed by atoms with Crippen molar-refractivity contribution in [2.75, 3.05) is 26.7 Å². The Balaban J connectivity index is 1.50. The number of rotatable bonds is 5. The predicted octanol–water partition coefficient (Wildman–Crippen LogP) is 3.10. The minimum Gasteiger partial charge on any atom is -0.368 e. The van der Waals surface area contributed by atoms with Gasteiger partial charge < -0.3 is 15.0 Å². The number of hydrogen-bond acceptors (Lipinski definition) is 4. The summed E-state index contributed by atoms with van der Waals surface area (Å²) in [6.07, 6.45) is 2.70. The van der Waals surface area contributed by atoms with E-state index in [0.717, 1.165) is 18.4 Å². The van der Waals surface area contributed by atoms with E-state index in [0.29, 0.717) is 32.5 Å². The summed E-state index contributed by atoms with van der Waals surface area (Å²) in [5.41, 5.74) is 2.94. The first-order chi connectivity index (χ1) is 13.6. The van der Waals surface area contributed by atoms with Gasteiger partial charge in [-0.2, -0.15) is 11.3 Å². The Labute approximate surface area is 169 Å². The van der Waals surface area contributed by atoms with Crippen molar-refractivity contribution in [3.05, 3.63) is 46.7 Å². The molecule has 2 aliphatic rings. The van der Waals surface area contributed by atoms with Crippen molar-refractivity contribution < 1.29 is 14.3 Å². The number of nitrogens with zero attached hydrogens (tertiary/aromatic N) is 1. The Morgan fingerprint density at radius 2 is 2.07 bits per heavy atom. The minimum atomic E-state index is -0.576. The van der Waals surface area contributed by atoms with Crippen LogP contribution in [0.25, 0.3) is 11.1 Å². The third-order valence-corrected chi connectivity index (χ3v) is 6.61. The number of likely N-dealkylation sites (tertiary alicyclic amines) is 1. The highest BCUT2D eigenvalue weighted by molar-refractivity contribution is 7.08. The van der Waals surface area contributed by atoms with Gasteiger partial charge in [-0.1, -0.05) is 24.3 Å². The normalized spacial score (nSPS) is 24.5. The predicted molar refractivity (Wildman–Crippen MR) is 110 cm³/mol. The lowest BCUT2D eigenvalue weighted by molar-refractivity contribution is -0.140. The van der Waals surface area contributed by atoms with Crippen molar-refractivity contribution in [1.82, 2.24) is 10.2 Å². The molecule has 0 saturated carbocycles. The summed E-state index contributed by atoms with van der Waals surface area (Å²) in [4.78, 5) is 27.4. The molecule has 2 fully saturated rings. The molecule has 2 atom stereocenters. The third kappa shape index (κ3) is 3.71. The van der Waals surface area contributed by atoms with Gasteiger partial charge in [0, 0.05) is 26.7 Å². The summed E-state index contributed by atoms with van der Waals surface area (Å²) in [6.45, 7) is 1.72. The molecular weight excluding hydrogens is 372 g/mol. The Morgan fingerprint density at radius 3 is 2.71 bits per heavy atom. The van der Waals surface area contributed by atoms with Crippen molar-refractivity contribution in [2.24, 2.45) is 5.41 Å². The van der Waals surface area contributed by atoms with Crippen molar-refractivity contribution in [2.45, 2.75) is 31.8 Å². The van der Waals surface area contributed by atoms with Crippen LogP contribution in [0.1, 0.15) is 24.8 Å². The van der Waals surface area contributed by atoms with Crippen LogP contribution in [0.5, 0.6) is 0 Å². The van der Waals surface area contributed by atoms with Gasteiger partial charge in [-0.3, -0.25) is 9.59 Å². The maximum absolute atomic E-state index is 12.8. The van der Waals surface area contributed by atoms with Crippen molar-refractivity contribution in [3.8, 4) is 11.1 Å². The van der Waals surface area contributed by atoms with Crippen LogP contribution in [-0.4, -0.2) is 49.6 Å². The van der Waals surface area contributed by atoms with Crippen LogP contribution in [0.2, 0.25) is 0 Å². The zero-order valence-electron chi connectivity index (χ0n) is 16.1. The molecule has 0 aliphatic carbocycles. The number of ether oxygens (including phenoxy) is 1. The summed E-state index contributed by atoms with van der Waals surface area (Å²) in [7, 11) is 1.67. The van der Waals surface area contributed by atoms with E-state index in [2.05, 4.69) is 46.4 Å². The van der Waals surface area contributed by atoms with Crippen LogP contribution in [0.3, 0.4) is 0 Å². The highest BCUT2D eigenvalue weighted by atomic mass is 32.1. The number of amides is 2. The SMILES string of the molecule is CNC(=O)[C@@]1(Cc2ccc(-c3ccsc3)cc2)CCN(C(=O)[C@H]2CCCO2)C1. The minimum absolute atomic E-state index is 0.0112. The van der Waals surface area contributed by atoms with E-state index >= 15 is 0 Å². The number of carbonyl (C=O) groups excluding carboxylic acids is 2. The van der Waals surface area contributed by atoms with Gasteiger partial charge >= 0.3 is 0 Å². The Bertz CT molecular complexity index is 828. The standard InChI is InChI=1S/C22H26N2O3S/c1-23-21(26)22(9-10-24(15-22)20(25)19-3-2-11-27-19)13-16-4-6-17(7-5-16)18-8-12-28-14-18/h4-8,12,14,19H,2-3,9-11,13,15H2,1H3,(H,23,26)/t19-,22-/m1/s1. The molecule has 28 heavy (non-hydrogen) atoms. The zero-order chi connectivity index (χ0) is 19.6. The molecule has 2 aromatic rings. The topological polar surface area (TPSA) is 58.6 Å². The molecule has 4 rings (SSSR count). The second kappa shape index (κ2) is 8.05. The molecule has 0 radical (unpaired) electrons. The van der Waals surface area contributed by atoms with Crippen LogP contribution >= 0.6 is 11.3 Å². The number of nitrogens with one attached hydrogen (secondary N) is 1. The van der Waals surface area contributed by atoms with Gasteiger partial charge in [-0.05, 0) is 59.2 Å². The molecule has 0 bridgehead atoms. The van der Waals surface area contributed by atoms with Gasteiger partial charge in [0.25, 0.3) is 5.91 Å². The van der Waals surface area contributed by atoms with Gasteiger partial charge in [-0.15, -0.1) is 0 Å². The summed E-state index contributed by atoms with van der Waals surface area (Å²) in [5.74, 6) is 0.0492. The average molecular weight is 399 g/mol. The molecular formula is C22H26N2O3S. The van der Waals surface area contributed by atoms with E-state index in [4.69, 9.17) is 4.74 Å². The van der Waals surface area contributed by atoms with E-state index in [-0.39, 0.29) is 17.9 Å². The third-order valence-electron chi connectivity index (χ3n) is 5.93. The van der Waals surface area contributed by atoms with E-state index in [1.807, 2.05) is 4.90 Å². The first kappa shape index (κ1) is 19.2. The van der Waals surface area contributed by atoms with E-state index in [1.54, 1.807) is 18.4 Å². The number of benzene rings is 1. The smallest absolute Gasteiger partial charge is 0.251 e. The number of carbonyl (C=O) groups is 2. The molecule has 3 heterocycles. The first-order valence-corrected chi connectivity index (χ1v) is 10.8. The van der Waals surface area contributed by atoms with E-state index in [9.17, 15) is 9.59 Å². The van der Waals surface area contributed by atoms with Gasteiger partial charge in [0.1, 0.15) is 6.10 Å². The van der Waals surface area contributed by atoms with Gasteiger partial charge in [0.15, 0.2) is 0 Å². The molecule has 1 aromatic carbocycles. The molecule has 1 aromatic heterocycles. The van der Waals surface area contributed by atoms with Crippen LogP contribution in [-0.2, 0) is 20.7 Å². The Hall–Kier alpha value is -2.18. The molecule has 2 amide bonds. The summed E-state index contributed by atoms with van der Waals surface area (Å²) < 4.78 is 5.56. The number of hydrogen-bond donors (Lipinski definition) is 1. The fraction of sp³-hybridized carbons (Fsp3) is 0.455. The fourth-order valence-corrected chi connectivity index (χ4v) is 5.01. The molecule has 1 N–H and O–H groups in total. The molecule has 148 valence electrons. The van der Waals surface area contributed by atoms with E-state index < -0.39 is 5.41 Å². The summed E-state index contributed by atoms with van der Waals surface area (Å²) in [6, 6.07) is 10.5. The van der Waals surface area contributed by atoms with Crippen LogP contribution < -0.4 is 5.32 Å². The van der Waals surface area contributed by atoms with Gasteiger partial charge in [-0.25, -0.2) is 0 Å². The van der Waals surface area contributed by atoms with E-state index in [1.165, 1.54) is 11.1 Å². The maximum atomic E-state index is 12.8. The van der Waals surface area contributed by atoms with Crippen molar-refractivity contribution in [1.29, 1.82) is 0 Å². The van der Waals surface area contributed by atoms with Gasteiger partial charge in [0.05, 0.1) is 5.41 Å². The van der Waals surface area contributed by atoms with Crippen molar-refractivity contribution >= 4 is 23.2 Å². The monoisotopic (exact) mass is 398 g/mol.